The highest BCUT2D eigenvalue weighted by atomic mass is 16.5. The monoisotopic (exact) mass is 378 g/mol. The molecule has 0 aromatic heterocycles. The second kappa shape index (κ2) is 7.20. The van der Waals surface area contributed by atoms with Gasteiger partial charge in [0.15, 0.2) is 0 Å². The number of benzene rings is 2. The molecule has 0 unspecified atom stereocenters. The highest BCUT2D eigenvalue weighted by molar-refractivity contribution is 6.33. The van der Waals surface area contributed by atoms with Gasteiger partial charge in [-0.15, -0.1) is 0 Å². The Labute approximate surface area is 163 Å². The molecule has 2 aromatic carbocycles. The normalized spacial score (nSPS) is 18.6. The molecular formula is C22H22N2O4. The van der Waals surface area contributed by atoms with Crippen LogP contribution in [0.3, 0.4) is 0 Å². The van der Waals surface area contributed by atoms with Gasteiger partial charge >= 0.3 is 0 Å². The smallest absolute Gasteiger partial charge is 0.253 e. The summed E-state index contributed by atoms with van der Waals surface area (Å²) in [7, 11) is 1.55. The lowest BCUT2D eigenvalue weighted by molar-refractivity contribution is 0.0304. The molecule has 1 heterocycles. The lowest BCUT2D eigenvalue weighted by Gasteiger charge is -2.41. The van der Waals surface area contributed by atoms with Crippen LogP contribution in [0.5, 0.6) is 5.75 Å². The van der Waals surface area contributed by atoms with Crippen LogP contribution in [0.4, 0.5) is 0 Å². The number of hydrogen-bond donors (Lipinski definition) is 1. The zero-order chi connectivity index (χ0) is 19.7. The average molecular weight is 378 g/mol. The zero-order valence-electron chi connectivity index (χ0n) is 15.7. The maximum atomic E-state index is 13.4. The van der Waals surface area contributed by atoms with Crippen molar-refractivity contribution in [1.29, 1.82) is 0 Å². The van der Waals surface area contributed by atoms with Crippen LogP contribution in [0.2, 0.25) is 0 Å². The van der Waals surface area contributed by atoms with Crippen LogP contribution in [0.15, 0.2) is 48.5 Å². The van der Waals surface area contributed by atoms with Crippen LogP contribution in [0.1, 0.15) is 50.3 Å². The quantitative estimate of drug-likeness (QED) is 0.828. The number of piperidine rings is 1. The summed E-state index contributed by atoms with van der Waals surface area (Å²) in [5.41, 5.74) is -0.559. The van der Waals surface area contributed by atoms with Crippen LogP contribution < -0.4 is 10.1 Å². The van der Waals surface area contributed by atoms with Crippen LogP contribution in [0, 0.1) is 0 Å². The Bertz CT molecular complexity index is 895. The lowest BCUT2D eigenvalue weighted by atomic mass is 9.97. The van der Waals surface area contributed by atoms with Gasteiger partial charge in [-0.1, -0.05) is 30.7 Å². The van der Waals surface area contributed by atoms with E-state index in [4.69, 9.17) is 4.74 Å². The number of Topliss-reactive ketones (excluding diaryl/α,β-unsaturated/α-hetero) is 2. The van der Waals surface area contributed by atoms with Crippen molar-refractivity contribution in [2.24, 2.45) is 0 Å². The van der Waals surface area contributed by atoms with Gasteiger partial charge in [-0.25, -0.2) is 0 Å². The first-order valence-electron chi connectivity index (χ1n) is 9.48. The van der Waals surface area contributed by atoms with Gasteiger partial charge in [-0.2, -0.15) is 0 Å². The van der Waals surface area contributed by atoms with Crippen molar-refractivity contribution >= 4 is 17.5 Å². The fraction of sp³-hybridized carbons (Fsp3) is 0.318. The Hall–Kier alpha value is -2.99. The van der Waals surface area contributed by atoms with E-state index in [1.165, 1.54) is 0 Å². The average Bonchev–Trinajstić information content (AvgIpc) is 2.97. The SMILES string of the molecule is COc1ccc(C(=O)NC2(N3CCCCC3)C(=O)c3ccccc3C2=O)cc1. The number of fused-ring (bicyclic) bond motifs is 1. The molecule has 4 rings (SSSR count). The van der Waals surface area contributed by atoms with Gasteiger partial charge in [0, 0.05) is 29.8 Å². The number of ketones is 2. The second-order valence-corrected chi connectivity index (χ2v) is 7.14. The van der Waals surface area contributed by atoms with Crippen molar-refractivity contribution in [2.45, 2.75) is 24.9 Å². The number of rotatable bonds is 4. The first-order valence-corrected chi connectivity index (χ1v) is 9.48. The lowest BCUT2D eigenvalue weighted by Crippen LogP contribution is -2.68. The summed E-state index contributed by atoms with van der Waals surface area (Å²) in [6, 6.07) is 13.4. The Morgan fingerprint density at radius 2 is 1.50 bits per heavy atom. The van der Waals surface area contributed by atoms with Gasteiger partial charge in [-0.05, 0) is 37.1 Å². The third-order valence-electron chi connectivity index (χ3n) is 5.55. The molecule has 0 saturated carbocycles. The summed E-state index contributed by atoms with van der Waals surface area (Å²) in [4.78, 5) is 41.6. The fourth-order valence-corrected chi connectivity index (χ4v) is 4.06. The molecule has 1 aliphatic carbocycles. The molecule has 28 heavy (non-hydrogen) atoms. The number of nitrogens with zero attached hydrogens (tertiary/aromatic N) is 1. The molecule has 0 spiro atoms. The van der Waals surface area contributed by atoms with E-state index in [0.717, 1.165) is 19.3 Å². The molecule has 1 fully saturated rings. The molecule has 6 heteroatoms. The first kappa shape index (κ1) is 18.4. The molecule has 0 radical (unpaired) electrons. The van der Waals surface area contributed by atoms with Crippen molar-refractivity contribution in [3.63, 3.8) is 0 Å². The second-order valence-electron chi connectivity index (χ2n) is 7.14. The topological polar surface area (TPSA) is 75.7 Å². The van der Waals surface area contributed by atoms with Crippen molar-refractivity contribution < 1.29 is 19.1 Å². The number of amides is 1. The van der Waals surface area contributed by atoms with Gasteiger partial charge in [0.2, 0.25) is 17.2 Å². The minimum Gasteiger partial charge on any atom is -0.497 e. The molecule has 2 aromatic rings. The minimum absolute atomic E-state index is 0.350. The summed E-state index contributed by atoms with van der Waals surface area (Å²) < 4.78 is 5.13. The third kappa shape index (κ3) is 2.81. The van der Waals surface area contributed by atoms with E-state index >= 15 is 0 Å². The van der Waals surface area contributed by atoms with Crippen LogP contribution in [0.25, 0.3) is 0 Å². The van der Waals surface area contributed by atoms with Crippen LogP contribution >= 0.6 is 0 Å². The molecule has 144 valence electrons. The highest BCUT2D eigenvalue weighted by Crippen LogP contribution is 2.35. The summed E-state index contributed by atoms with van der Waals surface area (Å²) >= 11 is 0. The predicted octanol–water partition coefficient (Wildman–Crippen LogP) is 2.69. The maximum absolute atomic E-state index is 13.4. The Morgan fingerprint density at radius 3 is 2.04 bits per heavy atom. The number of carbonyl (C=O) groups is 3. The molecule has 6 nitrogen and oxygen atoms in total. The zero-order valence-corrected chi connectivity index (χ0v) is 15.7. The van der Waals surface area contributed by atoms with E-state index in [0.29, 0.717) is 35.5 Å². The molecule has 0 bridgehead atoms. The van der Waals surface area contributed by atoms with Crippen LogP contribution in [-0.4, -0.2) is 48.2 Å². The Morgan fingerprint density at radius 1 is 0.929 bits per heavy atom. The van der Waals surface area contributed by atoms with Gasteiger partial charge in [0.1, 0.15) is 5.75 Å². The number of carbonyl (C=O) groups excluding carboxylic acids is 3. The number of ether oxygens (including phenoxy) is 1. The summed E-state index contributed by atoms with van der Waals surface area (Å²) in [6.45, 7) is 1.18. The van der Waals surface area contributed by atoms with Crippen molar-refractivity contribution in [3.8, 4) is 5.75 Å². The van der Waals surface area contributed by atoms with Gasteiger partial charge in [0.25, 0.3) is 5.91 Å². The van der Waals surface area contributed by atoms with E-state index in [9.17, 15) is 14.4 Å². The van der Waals surface area contributed by atoms with E-state index in [2.05, 4.69) is 5.32 Å². The van der Waals surface area contributed by atoms with Gasteiger partial charge < -0.3 is 10.1 Å². The minimum atomic E-state index is -1.67. The third-order valence-corrected chi connectivity index (χ3v) is 5.55. The molecule has 1 saturated heterocycles. The molecule has 1 amide bonds. The molecule has 0 atom stereocenters. The van der Waals surface area contributed by atoms with Gasteiger partial charge in [0.05, 0.1) is 7.11 Å². The Kier molecular flexibility index (Phi) is 4.73. The van der Waals surface area contributed by atoms with E-state index < -0.39 is 11.6 Å². The summed E-state index contributed by atoms with van der Waals surface area (Å²) in [6.07, 6.45) is 2.82. The van der Waals surface area contributed by atoms with E-state index in [1.807, 2.05) is 4.90 Å². The standard InChI is InChI=1S/C22H22N2O4/c1-28-16-11-9-15(10-12-16)21(27)23-22(24-13-5-2-6-14-24)19(25)17-7-3-4-8-18(17)20(22)26/h3-4,7-12H,2,5-6,13-14H2,1H3,(H,23,27). The molecule has 2 aliphatic rings. The molecular weight excluding hydrogens is 356 g/mol. The largest absolute Gasteiger partial charge is 0.497 e. The summed E-state index contributed by atoms with van der Waals surface area (Å²) in [5, 5.41) is 2.81. The van der Waals surface area contributed by atoms with E-state index in [1.54, 1.807) is 55.6 Å². The number of nitrogens with one attached hydrogen (secondary N) is 1. The first-order chi connectivity index (χ1) is 13.6. The summed E-state index contributed by atoms with van der Waals surface area (Å²) in [5.74, 6) is -0.529. The van der Waals surface area contributed by atoms with E-state index in [-0.39, 0.29) is 11.6 Å². The maximum Gasteiger partial charge on any atom is 0.253 e. The number of likely N-dealkylation sites (tertiary alicyclic amines) is 1. The molecule has 1 N–H and O–H groups in total. The predicted molar refractivity (Wildman–Crippen MR) is 104 cm³/mol. The Balaban J connectivity index is 1.73. The molecule has 1 aliphatic heterocycles. The highest BCUT2D eigenvalue weighted by Gasteiger charge is 2.58. The van der Waals surface area contributed by atoms with Gasteiger partial charge in [-0.3, -0.25) is 19.3 Å². The fourth-order valence-electron chi connectivity index (χ4n) is 4.06. The van der Waals surface area contributed by atoms with Crippen molar-refractivity contribution in [2.75, 3.05) is 20.2 Å². The number of hydrogen-bond acceptors (Lipinski definition) is 5. The van der Waals surface area contributed by atoms with Crippen LogP contribution in [-0.2, 0) is 0 Å². The van der Waals surface area contributed by atoms with Crippen molar-refractivity contribution in [1.82, 2.24) is 10.2 Å². The van der Waals surface area contributed by atoms with Crippen molar-refractivity contribution in [3.05, 3.63) is 65.2 Å². The number of methoxy groups -OCH3 is 1.